The van der Waals surface area contributed by atoms with Crippen LogP contribution >= 0.6 is 11.8 Å². The summed E-state index contributed by atoms with van der Waals surface area (Å²) in [6.45, 7) is 7.48. The normalized spacial score (nSPS) is 18.7. The summed E-state index contributed by atoms with van der Waals surface area (Å²) in [4.78, 5) is 30.5. The third-order valence-electron chi connectivity index (χ3n) is 6.55. The zero-order valence-corrected chi connectivity index (χ0v) is 21.0. The molecular weight excluding hydrogens is 474 g/mol. The Balaban J connectivity index is 0.00000304. The molecule has 1 N–H and O–H groups in total. The Hall–Kier alpha value is -3.53. The molecule has 9 nitrogen and oxygen atoms in total. The molecule has 10 heteroatoms. The minimum atomic E-state index is -0.396. The summed E-state index contributed by atoms with van der Waals surface area (Å²) < 4.78 is 1.72. The van der Waals surface area contributed by atoms with Crippen molar-refractivity contribution in [2.45, 2.75) is 51.7 Å². The molecule has 0 saturated heterocycles. The maximum atomic E-state index is 11.9. The summed E-state index contributed by atoms with van der Waals surface area (Å²) in [5, 5.41) is 16.3. The third kappa shape index (κ3) is 4.90. The summed E-state index contributed by atoms with van der Waals surface area (Å²) in [7, 11) is 1.88. The highest BCUT2D eigenvalue weighted by Gasteiger charge is 2.29. The Kier molecular flexibility index (Phi) is 7.26. The Morgan fingerprint density at radius 1 is 1.11 bits per heavy atom. The summed E-state index contributed by atoms with van der Waals surface area (Å²) in [6, 6.07) is 9.69. The molecule has 2 unspecified atom stereocenters. The van der Waals surface area contributed by atoms with Crippen LogP contribution in [0.1, 0.15) is 65.5 Å². The number of rotatable bonds is 6. The van der Waals surface area contributed by atoms with Crippen LogP contribution in [0.2, 0.25) is 0 Å². The number of hydrogen-bond donors (Lipinski definition) is 1. The number of nitrogens with zero attached hydrogens (tertiary/aromatic N) is 6. The number of carbonyl (C=O) groups is 2. The first-order valence-corrected chi connectivity index (χ1v) is 12.6. The third-order valence-corrected chi connectivity index (χ3v) is 7.38. The molecule has 0 radical (unpaired) electrons. The van der Waals surface area contributed by atoms with Crippen LogP contribution in [-0.2, 0) is 7.05 Å². The highest BCUT2D eigenvalue weighted by Crippen LogP contribution is 2.42. The number of azo groups is 1. The molecule has 3 aromatic rings. The van der Waals surface area contributed by atoms with Crippen LogP contribution in [0.5, 0.6) is 0 Å². The fourth-order valence-electron chi connectivity index (χ4n) is 4.74. The maximum Gasteiger partial charge on any atom is 0.259 e. The quantitative estimate of drug-likeness (QED) is 0.267. The van der Waals surface area contributed by atoms with E-state index in [2.05, 4.69) is 56.5 Å². The van der Waals surface area contributed by atoms with Crippen LogP contribution < -0.4 is 10.2 Å². The topological polar surface area (TPSA) is 105 Å². The van der Waals surface area contributed by atoms with Gasteiger partial charge in [-0.1, -0.05) is 26.1 Å². The van der Waals surface area contributed by atoms with E-state index in [1.54, 1.807) is 41.0 Å². The summed E-state index contributed by atoms with van der Waals surface area (Å²) in [5.74, 6) is 0.538. The molecule has 5 rings (SSSR count). The number of nitrogens with one attached hydrogen (secondary N) is 1. The lowest BCUT2D eigenvalue weighted by molar-refractivity contribution is 0.0879. The predicted octanol–water partition coefficient (Wildman–Crippen LogP) is 5.55. The lowest BCUT2D eigenvalue weighted by Gasteiger charge is -2.40. The highest BCUT2D eigenvalue weighted by molar-refractivity contribution is 7.99. The molecule has 0 spiro atoms. The van der Waals surface area contributed by atoms with Gasteiger partial charge in [-0.15, -0.1) is 5.10 Å². The van der Waals surface area contributed by atoms with E-state index in [4.69, 9.17) is 0 Å². The van der Waals surface area contributed by atoms with Crippen LogP contribution in [0, 0.1) is 6.92 Å². The Labute approximate surface area is 215 Å². The SMILES string of the molecule is C.Cc1cc2c(cc1N=Nc1ccc3c(c1)C(=O)NC3=O)C(C)CC(C)N2CCSc1ncn(C)n1. The lowest BCUT2D eigenvalue weighted by atomic mass is 9.86. The van der Waals surface area contributed by atoms with Crippen LogP contribution in [0.3, 0.4) is 0 Å². The second kappa shape index (κ2) is 10.2. The molecule has 2 aromatic carbocycles. The smallest absolute Gasteiger partial charge is 0.259 e. The monoisotopic (exact) mass is 505 g/mol. The van der Waals surface area contributed by atoms with Gasteiger partial charge in [0.2, 0.25) is 5.16 Å². The van der Waals surface area contributed by atoms with Gasteiger partial charge in [0.15, 0.2) is 0 Å². The first kappa shape index (κ1) is 25.6. The highest BCUT2D eigenvalue weighted by atomic mass is 32.2. The number of thioether (sulfide) groups is 1. The fourth-order valence-corrected chi connectivity index (χ4v) is 5.52. The number of carbonyl (C=O) groups excluding carboxylic acids is 2. The average molecular weight is 506 g/mol. The van der Waals surface area contributed by atoms with E-state index in [1.807, 2.05) is 14.0 Å². The zero-order valence-electron chi connectivity index (χ0n) is 20.1. The van der Waals surface area contributed by atoms with Crippen LogP contribution in [0.25, 0.3) is 0 Å². The Morgan fingerprint density at radius 3 is 2.64 bits per heavy atom. The molecule has 1 aromatic heterocycles. The lowest BCUT2D eigenvalue weighted by Crippen LogP contribution is -2.39. The summed E-state index contributed by atoms with van der Waals surface area (Å²) >= 11 is 1.67. The standard InChI is InChI=1S/C25H27N7O2S.CH4/c1-14-9-16(3)32(7-8-35-25-26-13-31(4)30-25)22-10-15(2)21(12-19(14)22)29-28-17-5-6-18-20(11-17)24(34)27-23(18)33;/h5-6,10-14,16H,7-9H2,1-4H3,(H,27,33,34);1H4. The second-order valence-corrected chi connectivity index (χ2v) is 10.2. The first-order valence-electron chi connectivity index (χ1n) is 11.6. The number of imide groups is 1. The van der Waals surface area contributed by atoms with Crippen molar-refractivity contribution >= 4 is 40.6 Å². The minimum Gasteiger partial charge on any atom is -0.368 e. The van der Waals surface area contributed by atoms with Gasteiger partial charge < -0.3 is 4.90 Å². The predicted molar refractivity (Wildman–Crippen MR) is 142 cm³/mol. The molecule has 2 atom stereocenters. The van der Waals surface area contributed by atoms with Gasteiger partial charge in [0.1, 0.15) is 6.33 Å². The number of fused-ring (bicyclic) bond motifs is 2. The van der Waals surface area contributed by atoms with E-state index in [0.717, 1.165) is 35.1 Å². The maximum absolute atomic E-state index is 11.9. The first-order chi connectivity index (χ1) is 16.8. The van der Waals surface area contributed by atoms with Crippen molar-refractivity contribution in [3.63, 3.8) is 0 Å². The van der Waals surface area contributed by atoms with Crippen LogP contribution in [0.15, 0.2) is 52.0 Å². The minimum absolute atomic E-state index is 0. The van der Waals surface area contributed by atoms with Crippen molar-refractivity contribution in [1.29, 1.82) is 0 Å². The molecule has 2 amide bonds. The van der Waals surface area contributed by atoms with Gasteiger partial charge in [0.25, 0.3) is 11.8 Å². The number of benzene rings is 2. The van der Waals surface area contributed by atoms with E-state index in [-0.39, 0.29) is 13.3 Å². The van der Waals surface area contributed by atoms with Gasteiger partial charge in [-0.25, -0.2) is 4.98 Å². The van der Waals surface area contributed by atoms with Crippen molar-refractivity contribution in [3.05, 3.63) is 58.9 Å². The molecule has 0 fully saturated rings. The molecule has 188 valence electrons. The van der Waals surface area contributed by atoms with Crippen LogP contribution in [0.4, 0.5) is 17.1 Å². The van der Waals surface area contributed by atoms with Gasteiger partial charge in [-0.05, 0) is 67.6 Å². The van der Waals surface area contributed by atoms with Gasteiger partial charge in [0, 0.05) is 31.1 Å². The molecule has 0 saturated carbocycles. The molecule has 36 heavy (non-hydrogen) atoms. The molecule has 3 heterocycles. The van der Waals surface area contributed by atoms with Crippen molar-refractivity contribution in [2.24, 2.45) is 17.3 Å². The van der Waals surface area contributed by atoms with Gasteiger partial charge in [0.05, 0.1) is 22.5 Å². The van der Waals surface area contributed by atoms with E-state index in [1.165, 1.54) is 11.3 Å². The van der Waals surface area contributed by atoms with Gasteiger partial charge in [-0.2, -0.15) is 10.2 Å². The van der Waals surface area contributed by atoms with Crippen molar-refractivity contribution in [1.82, 2.24) is 20.1 Å². The average Bonchev–Trinajstić information content (AvgIpc) is 3.36. The number of hydrogen-bond acceptors (Lipinski definition) is 8. The largest absolute Gasteiger partial charge is 0.368 e. The van der Waals surface area contributed by atoms with Crippen molar-refractivity contribution < 1.29 is 9.59 Å². The number of amides is 2. The summed E-state index contributed by atoms with van der Waals surface area (Å²) in [6.07, 6.45) is 2.78. The molecular formula is C26H31N7O2S. The molecule has 0 bridgehead atoms. The van der Waals surface area contributed by atoms with E-state index < -0.39 is 5.91 Å². The second-order valence-electron chi connectivity index (χ2n) is 9.14. The summed E-state index contributed by atoms with van der Waals surface area (Å²) in [5.41, 5.74) is 5.60. The van der Waals surface area contributed by atoms with Crippen LogP contribution in [-0.4, -0.2) is 44.9 Å². The van der Waals surface area contributed by atoms with Crippen molar-refractivity contribution in [3.8, 4) is 0 Å². The number of anilines is 1. The number of aryl methyl sites for hydroxylation is 2. The van der Waals surface area contributed by atoms with Crippen molar-refractivity contribution in [2.75, 3.05) is 17.2 Å². The van der Waals surface area contributed by atoms with Gasteiger partial charge >= 0.3 is 0 Å². The Morgan fingerprint density at radius 2 is 1.89 bits per heavy atom. The molecule has 2 aliphatic heterocycles. The van der Waals surface area contributed by atoms with E-state index >= 15 is 0 Å². The Bertz CT molecular complexity index is 1350. The zero-order chi connectivity index (χ0) is 24.7. The molecule has 0 aliphatic carbocycles. The van der Waals surface area contributed by atoms with E-state index in [0.29, 0.717) is 28.8 Å². The fraction of sp³-hybridized carbons (Fsp3) is 0.385. The van der Waals surface area contributed by atoms with Gasteiger partial charge in [-0.3, -0.25) is 19.6 Å². The molecule has 2 aliphatic rings. The number of aromatic nitrogens is 3. The van der Waals surface area contributed by atoms with E-state index in [9.17, 15) is 9.59 Å².